The zero-order valence-electron chi connectivity index (χ0n) is 19.8. The van der Waals surface area contributed by atoms with E-state index in [0.717, 1.165) is 50.1 Å². The van der Waals surface area contributed by atoms with Gasteiger partial charge in [-0.3, -0.25) is 9.20 Å². The summed E-state index contributed by atoms with van der Waals surface area (Å²) in [5, 5.41) is 2.80. The van der Waals surface area contributed by atoms with Crippen molar-refractivity contribution in [1.82, 2.24) is 24.3 Å². The predicted molar refractivity (Wildman–Crippen MR) is 135 cm³/mol. The van der Waals surface area contributed by atoms with Crippen LogP contribution < -0.4 is 11.1 Å². The van der Waals surface area contributed by atoms with Gasteiger partial charge in [0.25, 0.3) is 5.91 Å². The lowest BCUT2D eigenvalue weighted by Crippen LogP contribution is -2.31. The molecule has 0 unspecified atom stereocenters. The fourth-order valence-electron chi connectivity index (χ4n) is 4.63. The molecular weight excluding hydrogens is 507 g/mol. The Kier molecular flexibility index (Phi) is 6.50. The number of aromatic nitrogens is 4. The molecule has 0 spiro atoms. The number of carbonyl (C=O) groups is 1. The van der Waals surface area contributed by atoms with Gasteiger partial charge in [0.1, 0.15) is 33.8 Å². The van der Waals surface area contributed by atoms with Crippen LogP contribution in [0.3, 0.4) is 0 Å². The molecule has 4 aromatic rings. The van der Waals surface area contributed by atoms with Crippen molar-refractivity contribution < 1.29 is 18.0 Å². The number of piperidine rings is 1. The van der Waals surface area contributed by atoms with E-state index in [1.165, 1.54) is 6.20 Å². The molecule has 0 bridgehead atoms. The highest BCUT2D eigenvalue weighted by atomic mass is 35.5. The van der Waals surface area contributed by atoms with Gasteiger partial charge in [0.05, 0.1) is 11.8 Å². The zero-order valence-corrected chi connectivity index (χ0v) is 20.5. The van der Waals surface area contributed by atoms with E-state index in [2.05, 4.69) is 27.2 Å². The molecule has 1 atom stereocenters. The number of benzene rings is 1. The minimum atomic E-state index is -4.54. The number of anilines is 2. The normalized spacial score (nSPS) is 16.7. The highest BCUT2D eigenvalue weighted by Crippen LogP contribution is 2.36. The van der Waals surface area contributed by atoms with Crippen LogP contribution in [-0.4, -0.2) is 50.3 Å². The number of carbonyl (C=O) groups excluding carboxylic acids is 1. The van der Waals surface area contributed by atoms with Crippen LogP contribution in [0.2, 0.25) is 5.15 Å². The lowest BCUT2D eigenvalue weighted by molar-refractivity contribution is -0.137. The first-order chi connectivity index (χ1) is 17.6. The molecule has 1 aliphatic heterocycles. The second kappa shape index (κ2) is 9.64. The second-order valence-corrected chi connectivity index (χ2v) is 9.42. The van der Waals surface area contributed by atoms with Gasteiger partial charge in [0, 0.05) is 29.8 Å². The fraction of sp³-hybridized carbons (Fsp3) is 0.280. The number of imidazole rings is 1. The molecule has 192 valence electrons. The fourth-order valence-corrected chi connectivity index (χ4v) is 4.85. The molecule has 1 saturated heterocycles. The van der Waals surface area contributed by atoms with Gasteiger partial charge in [-0.25, -0.2) is 15.0 Å². The number of rotatable bonds is 4. The number of nitrogens with one attached hydrogen (secondary N) is 1. The summed E-state index contributed by atoms with van der Waals surface area (Å²) in [5.41, 5.74) is 7.45. The predicted octanol–water partition coefficient (Wildman–Crippen LogP) is 5.11. The van der Waals surface area contributed by atoms with E-state index in [1.54, 1.807) is 24.3 Å². The van der Waals surface area contributed by atoms with Crippen LogP contribution in [0.5, 0.6) is 0 Å². The standard InChI is InChI=1S/C25H23ClF3N7O/c1-35-10-2-3-16(13-35)23-34-20(21-22(30)32-12-18(26)36(21)23)14-4-6-15(7-5-14)24(37)33-19-11-17(8-9-31-19)25(27,28)29/h4-9,11-12,16H,2-3,10,13H2,1H3,(H2,30,32)(H,31,33,37)/t16-/m1/s1. The van der Waals surface area contributed by atoms with Crippen molar-refractivity contribution in [3.05, 3.63) is 70.9 Å². The van der Waals surface area contributed by atoms with E-state index in [0.29, 0.717) is 21.9 Å². The Bertz CT molecular complexity index is 1470. The number of fused-ring (bicyclic) bond motifs is 1. The summed E-state index contributed by atoms with van der Waals surface area (Å²) in [4.78, 5) is 27.9. The monoisotopic (exact) mass is 529 g/mol. The van der Waals surface area contributed by atoms with Gasteiger partial charge in [0.2, 0.25) is 0 Å². The molecule has 1 amide bonds. The van der Waals surface area contributed by atoms with Gasteiger partial charge in [0.15, 0.2) is 0 Å². The number of likely N-dealkylation sites (N-methyl/N-ethyl adjacent to an activating group) is 1. The lowest BCUT2D eigenvalue weighted by Gasteiger charge is -2.29. The third-order valence-electron chi connectivity index (χ3n) is 6.41. The Morgan fingerprint density at radius 2 is 1.95 bits per heavy atom. The Balaban J connectivity index is 1.46. The third kappa shape index (κ3) is 4.96. The highest BCUT2D eigenvalue weighted by molar-refractivity contribution is 6.30. The van der Waals surface area contributed by atoms with Gasteiger partial charge >= 0.3 is 6.18 Å². The molecule has 3 aromatic heterocycles. The average molecular weight is 530 g/mol. The van der Waals surface area contributed by atoms with Crippen LogP contribution >= 0.6 is 11.6 Å². The molecule has 37 heavy (non-hydrogen) atoms. The van der Waals surface area contributed by atoms with Crippen molar-refractivity contribution in [2.24, 2.45) is 0 Å². The molecule has 1 aliphatic rings. The SMILES string of the molecule is CN1CCC[C@@H](c2nc(-c3ccc(C(=O)Nc4cc(C(F)(F)F)ccn4)cc3)c3c(N)ncc(Cl)n23)C1. The molecule has 4 heterocycles. The number of alkyl halides is 3. The summed E-state index contributed by atoms with van der Waals surface area (Å²) >= 11 is 6.54. The van der Waals surface area contributed by atoms with Crippen molar-refractivity contribution in [2.75, 3.05) is 31.2 Å². The average Bonchev–Trinajstić information content (AvgIpc) is 3.28. The summed E-state index contributed by atoms with van der Waals surface area (Å²) in [6.07, 6.45) is -0.0432. The molecule has 3 N–H and O–H groups in total. The third-order valence-corrected chi connectivity index (χ3v) is 6.68. The molecule has 1 fully saturated rings. The van der Waals surface area contributed by atoms with Crippen molar-refractivity contribution >= 4 is 34.7 Å². The number of halogens is 4. The Morgan fingerprint density at radius 3 is 2.65 bits per heavy atom. The number of hydrogen-bond acceptors (Lipinski definition) is 6. The van der Waals surface area contributed by atoms with Gasteiger partial charge in [-0.2, -0.15) is 13.2 Å². The number of likely N-dealkylation sites (tertiary alicyclic amines) is 1. The van der Waals surface area contributed by atoms with Gasteiger partial charge < -0.3 is 16.0 Å². The van der Waals surface area contributed by atoms with Crippen LogP contribution in [0.1, 0.15) is 40.5 Å². The maximum absolute atomic E-state index is 13.0. The molecular formula is C25H23ClF3N7O. The van der Waals surface area contributed by atoms with Crippen molar-refractivity contribution in [3.8, 4) is 11.3 Å². The van der Waals surface area contributed by atoms with E-state index in [9.17, 15) is 18.0 Å². The van der Waals surface area contributed by atoms with Crippen LogP contribution in [0.25, 0.3) is 16.8 Å². The van der Waals surface area contributed by atoms with E-state index in [1.807, 2.05) is 4.40 Å². The first-order valence-corrected chi connectivity index (χ1v) is 12.0. The molecule has 5 rings (SSSR count). The maximum atomic E-state index is 13.0. The number of pyridine rings is 1. The number of nitrogen functional groups attached to an aromatic ring is 1. The Hall–Kier alpha value is -3.70. The molecule has 0 radical (unpaired) electrons. The molecule has 1 aromatic carbocycles. The summed E-state index contributed by atoms with van der Waals surface area (Å²) < 4.78 is 40.7. The van der Waals surface area contributed by atoms with Crippen LogP contribution in [0.15, 0.2) is 48.8 Å². The Morgan fingerprint density at radius 1 is 1.19 bits per heavy atom. The van der Waals surface area contributed by atoms with Crippen LogP contribution in [0.4, 0.5) is 24.8 Å². The molecule has 8 nitrogen and oxygen atoms in total. The summed E-state index contributed by atoms with van der Waals surface area (Å²) in [5.74, 6) is 0.444. The molecule has 12 heteroatoms. The number of nitrogens with two attached hydrogens (primary N) is 1. The molecule has 0 aliphatic carbocycles. The number of nitrogens with zero attached hydrogens (tertiary/aromatic N) is 5. The first kappa shape index (κ1) is 25.0. The summed E-state index contributed by atoms with van der Waals surface area (Å²) in [7, 11) is 2.07. The van der Waals surface area contributed by atoms with Crippen molar-refractivity contribution in [3.63, 3.8) is 0 Å². The quantitative estimate of drug-likeness (QED) is 0.381. The number of hydrogen-bond donors (Lipinski definition) is 2. The zero-order chi connectivity index (χ0) is 26.3. The number of amides is 1. The van der Waals surface area contributed by atoms with Gasteiger partial charge in [-0.05, 0) is 50.7 Å². The van der Waals surface area contributed by atoms with E-state index < -0.39 is 17.6 Å². The van der Waals surface area contributed by atoms with E-state index in [4.69, 9.17) is 22.3 Å². The Labute approximate surface area is 215 Å². The van der Waals surface area contributed by atoms with Gasteiger partial charge in [-0.1, -0.05) is 23.7 Å². The van der Waals surface area contributed by atoms with Crippen molar-refractivity contribution in [1.29, 1.82) is 0 Å². The van der Waals surface area contributed by atoms with Crippen LogP contribution in [-0.2, 0) is 6.18 Å². The van der Waals surface area contributed by atoms with E-state index >= 15 is 0 Å². The lowest BCUT2D eigenvalue weighted by atomic mass is 9.98. The molecule has 0 saturated carbocycles. The van der Waals surface area contributed by atoms with Crippen molar-refractivity contribution in [2.45, 2.75) is 24.9 Å². The first-order valence-electron chi connectivity index (χ1n) is 11.6. The smallest absolute Gasteiger partial charge is 0.382 e. The van der Waals surface area contributed by atoms with Crippen LogP contribution in [0, 0.1) is 0 Å². The largest absolute Gasteiger partial charge is 0.416 e. The van der Waals surface area contributed by atoms with E-state index in [-0.39, 0.29) is 23.1 Å². The summed E-state index contributed by atoms with van der Waals surface area (Å²) in [6.45, 7) is 1.85. The summed E-state index contributed by atoms with van der Waals surface area (Å²) in [6, 6.07) is 8.15. The highest BCUT2D eigenvalue weighted by Gasteiger charge is 2.31. The minimum Gasteiger partial charge on any atom is -0.382 e. The maximum Gasteiger partial charge on any atom is 0.416 e. The van der Waals surface area contributed by atoms with Gasteiger partial charge in [-0.15, -0.1) is 0 Å². The second-order valence-electron chi connectivity index (χ2n) is 9.03. The topological polar surface area (TPSA) is 101 Å². The minimum absolute atomic E-state index is 0.157.